The van der Waals surface area contributed by atoms with Crippen LogP contribution in [0.1, 0.15) is 5.56 Å². The van der Waals surface area contributed by atoms with Gasteiger partial charge >= 0.3 is 0 Å². The summed E-state index contributed by atoms with van der Waals surface area (Å²) in [4.78, 5) is 13.6. The molecule has 66 valence electrons. The fraction of sp³-hybridized carbons (Fsp3) is 0.222. The van der Waals surface area contributed by atoms with E-state index in [9.17, 15) is 4.79 Å². The summed E-state index contributed by atoms with van der Waals surface area (Å²) in [6, 6.07) is 5.32. The Balaban J connectivity index is 2.51. The summed E-state index contributed by atoms with van der Waals surface area (Å²) in [7, 11) is 0. The number of benzene rings is 1. The molecular formula is C9H7NO3. The van der Waals surface area contributed by atoms with Gasteiger partial charge in [-0.3, -0.25) is 0 Å². The summed E-state index contributed by atoms with van der Waals surface area (Å²) in [5.41, 5.74) is 1.37. The van der Waals surface area contributed by atoms with Crippen molar-refractivity contribution in [1.82, 2.24) is 0 Å². The Hall–Kier alpha value is -1.64. The van der Waals surface area contributed by atoms with Crippen molar-refractivity contribution in [3.05, 3.63) is 23.8 Å². The first-order valence-corrected chi connectivity index (χ1v) is 3.82. The maximum Gasteiger partial charge on any atom is 0.240 e. The van der Waals surface area contributed by atoms with Gasteiger partial charge in [0.25, 0.3) is 0 Å². The van der Waals surface area contributed by atoms with E-state index in [4.69, 9.17) is 9.47 Å². The third-order valence-corrected chi connectivity index (χ3v) is 1.82. The highest BCUT2D eigenvalue weighted by molar-refractivity contribution is 5.58. The van der Waals surface area contributed by atoms with Crippen LogP contribution in [0.3, 0.4) is 0 Å². The van der Waals surface area contributed by atoms with Gasteiger partial charge < -0.3 is 9.47 Å². The quantitative estimate of drug-likeness (QED) is 0.482. The molecule has 13 heavy (non-hydrogen) atoms. The molecule has 0 spiro atoms. The van der Waals surface area contributed by atoms with Crippen molar-refractivity contribution in [2.75, 3.05) is 6.79 Å². The predicted molar refractivity (Wildman–Crippen MR) is 44.5 cm³/mol. The zero-order valence-electron chi connectivity index (χ0n) is 6.82. The number of ether oxygens (including phenoxy) is 2. The molecule has 0 aromatic heterocycles. The molecule has 1 heterocycles. The third kappa shape index (κ3) is 1.45. The first-order valence-electron chi connectivity index (χ1n) is 3.82. The zero-order chi connectivity index (χ0) is 9.10. The molecule has 1 aromatic carbocycles. The molecule has 2 rings (SSSR count). The van der Waals surface area contributed by atoms with Crippen molar-refractivity contribution in [2.24, 2.45) is 4.99 Å². The molecule has 0 saturated heterocycles. The minimum atomic E-state index is 0.251. The van der Waals surface area contributed by atoms with Crippen molar-refractivity contribution in [3.8, 4) is 5.75 Å². The molecule has 0 amide bonds. The van der Waals surface area contributed by atoms with Crippen LogP contribution in [0.15, 0.2) is 23.2 Å². The van der Waals surface area contributed by atoms with Crippen LogP contribution in [0.25, 0.3) is 0 Å². The molecule has 4 heteroatoms. The van der Waals surface area contributed by atoms with Crippen molar-refractivity contribution in [2.45, 2.75) is 6.61 Å². The van der Waals surface area contributed by atoms with Crippen molar-refractivity contribution in [3.63, 3.8) is 0 Å². The lowest BCUT2D eigenvalue weighted by atomic mass is 10.1. The van der Waals surface area contributed by atoms with Crippen LogP contribution < -0.4 is 4.74 Å². The van der Waals surface area contributed by atoms with Gasteiger partial charge in [-0.15, -0.1) is 0 Å². The van der Waals surface area contributed by atoms with Crippen LogP contribution in [-0.2, 0) is 16.1 Å². The van der Waals surface area contributed by atoms with E-state index in [1.807, 2.05) is 6.07 Å². The molecule has 1 aromatic rings. The maximum absolute atomic E-state index is 10.1. The molecule has 0 aliphatic carbocycles. The fourth-order valence-electron chi connectivity index (χ4n) is 1.24. The van der Waals surface area contributed by atoms with Crippen LogP contribution in [0.2, 0.25) is 0 Å². The molecule has 0 bridgehead atoms. The number of hydrogen-bond acceptors (Lipinski definition) is 4. The zero-order valence-corrected chi connectivity index (χ0v) is 6.82. The maximum atomic E-state index is 10.1. The van der Waals surface area contributed by atoms with Crippen LogP contribution in [0.5, 0.6) is 5.75 Å². The molecule has 4 nitrogen and oxygen atoms in total. The lowest BCUT2D eigenvalue weighted by molar-refractivity contribution is -0.0160. The number of hydrogen-bond donors (Lipinski definition) is 0. The molecule has 0 unspecified atom stereocenters. The summed E-state index contributed by atoms with van der Waals surface area (Å²) >= 11 is 0. The van der Waals surface area contributed by atoms with Crippen molar-refractivity contribution < 1.29 is 14.3 Å². The highest BCUT2D eigenvalue weighted by Gasteiger charge is 2.13. The van der Waals surface area contributed by atoms with Crippen LogP contribution >= 0.6 is 0 Å². The molecule has 1 aliphatic heterocycles. The van der Waals surface area contributed by atoms with E-state index >= 15 is 0 Å². The van der Waals surface area contributed by atoms with E-state index in [0.29, 0.717) is 12.3 Å². The monoisotopic (exact) mass is 177 g/mol. The normalized spacial score (nSPS) is 13.8. The van der Waals surface area contributed by atoms with Crippen molar-refractivity contribution >= 4 is 11.8 Å². The molecule has 0 fully saturated rings. The van der Waals surface area contributed by atoms with Crippen LogP contribution in [0, 0.1) is 0 Å². The van der Waals surface area contributed by atoms with E-state index in [1.165, 1.54) is 6.08 Å². The predicted octanol–water partition coefficient (Wildman–Crippen LogP) is 1.52. The second-order valence-corrected chi connectivity index (χ2v) is 2.57. The SMILES string of the molecule is O=C=Nc1cccc2c1COCO2. The number of aliphatic imine (C=N–C) groups is 1. The smallest absolute Gasteiger partial charge is 0.240 e. The lowest BCUT2D eigenvalue weighted by Crippen LogP contribution is -2.10. The van der Waals surface area contributed by atoms with E-state index in [-0.39, 0.29) is 6.79 Å². The average Bonchev–Trinajstić information content (AvgIpc) is 2.19. The van der Waals surface area contributed by atoms with E-state index in [1.54, 1.807) is 12.1 Å². The van der Waals surface area contributed by atoms with Gasteiger partial charge in [0, 0.05) is 5.56 Å². The molecular weight excluding hydrogens is 170 g/mol. The molecule has 0 atom stereocenters. The van der Waals surface area contributed by atoms with Gasteiger partial charge in [0.2, 0.25) is 6.08 Å². The van der Waals surface area contributed by atoms with Gasteiger partial charge in [-0.25, -0.2) is 4.79 Å². The summed E-state index contributed by atoms with van der Waals surface area (Å²) in [5, 5.41) is 0. The van der Waals surface area contributed by atoms with E-state index in [2.05, 4.69) is 4.99 Å². The Labute approximate surface area is 74.8 Å². The summed E-state index contributed by atoms with van der Waals surface area (Å²) < 4.78 is 10.3. The second-order valence-electron chi connectivity index (χ2n) is 2.57. The number of carbonyl (C=O) groups excluding carboxylic acids is 1. The number of fused-ring (bicyclic) bond motifs is 1. The summed E-state index contributed by atoms with van der Waals surface area (Å²) in [6.45, 7) is 0.679. The Morgan fingerprint density at radius 2 is 2.38 bits per heavy atom. The molecule has 0 N–H and O–H groups in total. The first kappa shape index (κ1) is 7.98. The average molecular weight is 177 g/mol. The van der Waals surface area contributed by atoms with Crippen LogP contribution in [0.4, 0.5) is 5.69 Å². The van der Waals surface area contributed by atoms with Gasteiger partial charge in [-0.1, -0.05) is 6.07 Å². The van der Waals surface area contributed by atoms with E-state index in [0.717, 1.165) is 11.3 Å². The summed E-state index contributed by atoms with van der Waals surface area (Å²) in [6.07, 6.45) is 1.50. The Morgan fingerprint density at radius 1 is 1.46 bits per heavy atom. The minimum absolute atomic E-state index is 0.251. The topological polar surface area (TPSA) is 47.9 Å². The molecule has 0 saturated carbocycles. The number of rotatable bonds is 1. The minimum Gasteiger partial charge on any atom is -0.467 e. The highest BCUT2D eigenvalue weighted by Crippen LogP contribution is 2.31. The van der Waals surface area contributed by atoms with Gasteiger partial charge in [0.05, 0.1) is 12.3 Å². The number of isocyanates is 1. The Morgan fingerprint density at radius 3 is 3.23 bits per heavy atom. The second kappa shape index (κ2) is 3.39. The lowest BCUT2D eigenvalue weighted by Gasteiger charge is -2.17. The highest BCUT2D eigenvalue weighted by atomic mass is 16.7. The number of nitrogens with zero attached hydrogens (tertiary/aromatic N) is 1. The van der Waals surface area contributed by atoms with E-state index < -0.39 is 0 Å². The first-order chi connectivity index (χ1) is 6.42. The third-order valence-electron chi connectivity index (χ3n) is 1.82. The fourth-order valence-corrected chi connectivity index (χ4v) is 1.24. The Kier molecular flexibility index (Phi) is 2.08. The Bertz CT molecular complexity index is 369. The molecule has 0 radical (unpaired) electrons. The largest absolute Gasteiger partial charge is 0.467 e. The molecule has 1 aliphatic rings. The summed E-state index contributed by atoms with van der Waals surface area (Å²) in [5.74, 6) is 0.725. The standard InChI is InChI=1S/C9H7NO3/c11-5-10-8-2-1-3-9-7(8)4-12-6-13-9/h1-3H,4,6H2. The van der Waals surface area contributed by atoms with Crippen molar-refractivity contribution in [1.29, 1.82) is 0 Å². The van der Waals surface area contributed by atoms with Crippen LogP contribution in [-0.4, -0.2) is 12.9 Å². The van der Waals surface area contributed by atoms with Gasteiger partial charge in [-0.05, 0) is 12.1 Å². The van der Waals surface area contributed by atoms with Gasteiger partial charge in [-0.2, -0.15) is 4.99 Å². The van der Waals surface area contributed by atoms with Gasteiger partial charge in [0.15, 0.2) is 6.79 Å². The van der Waals surface area contributed by atoms with Gasteiger partial charge in [0.1, 0.15) is 5.75 Å².